The van der Waals surface area contributed by atoms with E-state index in [1.54, 1.807) is 26.0 Å². The molecule has 0 aliphatic carbocycles. The van der Waals surface area contributed by atoms with Gasteiger partial charge >= 0.3 is 6.18 Å². The molecule has 0 fully saturated rings. The summed E-state index contributed by atoms with van der Waals surface area (Å²) in [6.07, 6.45) is -4.91. The number of hydrogen-bond donors (Lipinski definition) is 1. The van der Waals surface area contributed by atoms with Crippen molar-refractivity contribution < 1.29 is 31.2 Å². The van der Waals surface area contributed by atoms with E-state index in [9.17, 15) is 31.2 Å². The van der Waals surface area contributed by atoms with E-state index < -0.39 is 56.9 Å². The molecule has 3 rings (SSSR count). The predicted molar refractivity (Wildman–Crippen MR) is 157 cm³/mol. The van der Waals surface area contributed by atoms with Crippen molar-refractivity contribution >= 4 is 62.3 Å². The lowest BCUT2D eigenvalue weighted by Crippen LogP contribution is -2.52. The van der Waals surface area contributed by atoms with E-state index in [-0.39, 0.29) is 27.5 Å². The molecule has 1 atom stereocenters. The minimum Gasteiger partial charge on any atom is -0.352 e. The van der Waals surface area contributed by atoms with Crippen molar-refractivity contribution in [3.63, 3.8) is 0 Å². The number of hydrogen-bond acceptors (Lipinski definition) is 4. The predicted octanol–water partition coefficient (Wildman–Crippen LogP) is 6.80. The normalized spacial score (nSPS) is 12.6. The number of amides is 2. The van der Waals surface area contributed by atoms with E-state index in [1.165, 1.54) is 43.3 Å². The SMILES string of the molecule is CC(C)NC(=O)[C@@H](C)N(Cc1c(Cl)cccc1Cl)C(=O)CN(c1ccc(Cl)c(C(F)(F)F)c1)S(=O)(=O)c1ccccc1. The van der Waals surface area contributed by atoms with Gasteiger partial charge in [-0.2, -0.15) is 13.2 Å². The van der Waals surface area contributed by atoms with E-state index in [0.29, 0.717) is 15.9 Å². The van der Waals surface area contributed by atoms with Crippen molar-refractivity contribution in [1.82, 2.24) is 10.2 Å². The summed E-state index contributed by atoms with van der Waals surface area (Å²) in [5.74, 6) is -1.45. The first-order valence-electron chi connectivity index (χ1n) is 12.5. The summed E-state index contributed by atoms with van der Waals surface area (Å²) in [4.78, 5) is 27.7. The monoisotopic (exact) mass is 663 g/mol. The molecule has 0 saturated carbocycles. The summed E-state index contributed by atoms with van der Waals surface area (Å²) in [7, 11) is -4.59. The Morgan fingerprint density at radius 3 is 2.02 bits per heavy atom. The van der Waals surface area contributed by atoms with Gasteiger partial charge in [-0.05, 0) is 63.2 Å². The molecule has 0 aliphatic rings. The van der Waals surface area contributed by atoms with Crippen molar-refractivity contribution in [2.75, 3.05) is 10.8 Å². The molecule has 0 unspecified atom stereocenters. The average molecular weight is 665 g/mol. The number of benzene rings is 3. The van der Waals surface area contributed by atoms with Gasteiger partial charge in [-0.15, -0.1) is 0 Å². The number of nitrogens with zero attached hydrogens (tertiary/aromatic N) is 2. The Kier molecular flexibility index (Phi) is 10.8. The zero-order valence-corrected chi connectivity index (χ0v) is 25.7. The molecule has 2 amide bonds. The Hall–Kier alpha value is -2.99. The minimum absolute atomic E-state index is 0.193. The van der Waals surface area contributed by atoms with Gasteiger partial charge in [0, 0.05) is 28.2 Å². The highest BCUT2D eigenvalue weighted by Crippen LogP contribution is 2.38. The molecule has 0 radical (unpaired) electrons. The fourth-order valence-corrected chi connectivity index (χ4v) is 6.14. The summed E-state index contributed by atoms with van der Waals surface area (Å²) in [6, 6.07) is 12.6. The molecule has 0 aliphatic heterocycles. The van der Waals surface area contributed by atoms with E-state index in [4.69, 9.17) is 34.8 Å². The summed E-state index contributed by atoms with van der Waals surface area (Å²) in [5.41, 5.74) is -1.45. The quantitative estimate of drug-likeness (QED) is 0.258. The molecule has 42 heavy (non-hydrogen) atoms. The average Bonchev–Trinajstić information content (AvgIpc) is 2.91. The fourth-order valence-electron chi connectivity index (χ4n) is 3.98. The van der Waals surface area contributed by atoms with Gasteiger partial charge in [0.05, 0.1) is 21.2 Å². The largest absolute Gasteiger partial charge is 0.417 e. The van der Waals surface area contributed by atoms with Crippen LogP contribution in [0.2, 0.25) is 15.1 Å². The van der Waals surface area contributed by atoms with Crippen LogP contribution < -0.4 is 9.62 Å². The van der Waals surface area contributed by atoms with Crippen molar-refractivity contribution in [1.29, 1.82) is 0 Å². The zero-order chi connectivity index (χ0) is 31.4. The molecule has 7 nitrogen and oxygen atoms in total. The first-order chi connectivity index (χ1) is 19.5. The first-order valence-corrected chi connectivity index (χ1v) is 15.1. The Balaban J connectivity index is 2.15. The van der Waals surface area contributed by atoms with Gasteiger partial charge < -0.3 is 10.2 Å². The van der Waals surface area contributed by atoms with Gasteiger partial charge in [0.2, 0.25) is 11.8 Å². The van der Waals surface area contributed by atoms with Crippen LogP contribution in [0.1, 0.15) is 31.9 Å². The van der Waals surface area contributed by atoms with Crippen LogP contribution >= 0.6 is 34.8 Å². The Morgan fingerprint density at radius 2 is 1.48 bits per heavy atom. The number of carbonyl (C=O) groups excluding carboxylic acids is 2. The van der Waals surface area contributed by atoms with E-state index in [0.717, 1.165) is 17.0 Å². The van der Waals surface area contributed by atoms with E-state index in [2.05, 4.69) is 5.32 Å². The minimum atomic E-state index is -4.91. The number of rotatable bonds is 10. The van der Waals surface area contributed by atoms with Crippen molar-refractivity contribution in [2.45, 2.75) is 50.5 Å². The molecule has 0 bridgehead atoms. The smallest absolute Gasteiger partial charge is 0.352 e. The molecule has 226 valence electrons. The number of anilines is 1. The Morgan fingerprint density at radius 1 is 0.881 bits per heavy atom. The topological polar surface area (TPSA) is 86.8 Å². The van der Waals surface area contributed by atoms with Crippen molar-refractivity contribution in [3.8, 4) is 0 Å². The maximum Gasteiger partial charge on any atom is 0.417 e. The number of nitrogens with one attached hydrogen (secondary N) is 1. The summed E-state index contributed by atoms with van der Waals surface area (Å²) >= 11 is 18.4. The van der Waals surface area contributed by atoms with Crippen LogP contribution in [0.15, 0.2) is 71.6 Å². The fraction of sp³-hybridized carbons (Fsp3) is 0.286. The van der Waals surface area contributed by atoms with Crippen LogP contribution in [0.3, 0.4) is 0 Å². The number of carbonyl (C=O) groups is 2. The molecule has 14 heteroatoms. The molecule has 3 aromatic carbocycles. The maximum absolute atomic E-state index is 13.9. The third-order valence-electron chi connectivity index (χ3n) is 6.14. The first kappa shape index (κ1) is 33.5. The van der Waals surface area contributed by atoms with Gasteiger partial charge in [0.15, 0.2) is 0 Å². The van der Waals surface area contributed by atoms with Crippen molar-refractivity contribution in [2.24, 2.45) is 0 Å². The maximum atomic E-state index is 13.9. The number of halogens is 6. The second-order valence-corrected chi connectivity index (χ2v) is 12.6. The van der Waals surface area contributed by atoms with Gasteiger partial charge in [-0.25, -0.2) is 8.42 Å². The molecule has 0 heterocycles. The van der Waals surface area contributed by atoms with E-state index in [1.807, 2.05) is 0 Å². The molecule has 0 aromatic heterocycles. The lowest BCUT2D eigenvalue weighted by molar-refractivity contribution is -0.139. The van der Waals surface area contributed by atoms with Gasteiger partial charge in [-0.1, -0.05) is 59.1 Å². The number of alkyl halides is 3. The molecule has 1 N–H and O–H groups in total. The van der Waals surface area contributed by atoms with Crippen LogP contribution in [0, 0.1) is 0 Å². The van der Waals surface area contributed by atoms with Crippen LogP contribution in [0.5, 0.6) is 0 Å². The third kappa shape index (κ3) is 7.89. The lowest BCUT2D eigenvalue weighted by atomic mass is 10.1. The zero-order valence-electron chi connectivity index (χ0n) is 22.6. The molecule has 0 saturated heterocycles. The highest BCUT2D eigenvalue weighted by molar-refractivity contribution is 7.92. The van der Waals surface area contributed by atoms with Crippen molar-refractivity contribution in [3.05, 3.63) is 92.9 Å². The summed E-state index contributed by atoms with van der Waals surface area (Å²) in [5, 5.41) is 2.43. The van der Waals surface area contributed by atoms with E-state index >= 15 is 0 Å². The second-order valence-electron chi connectivity index (χ2n) is 9.55. The van der Waals surface area contributed by atoms with Gasteiger partial charge in [0.25, 0.3) is 10.0 Å². The van der Waals surface area contributed by atoms with Crippen LogP contribution in [-0.2, 0) is 32.3 Å². The summed E-state index contributed by atoms with van der Waals surface area (Å²) < 4.78 is 69.3. The van der Waals surface area contributed by atoms with Gasteiger partial charge in [0.1, 0.15) is 12.6 Å². The molecule has 3 aromatic rings. The molecule has 0 spiro atoms. The second kappa shape index (κ2) is 13.5. The lowest BCUT2D eigenvalue weighted by Gasteiger charge is -2.33. The Labute approximate surface area is 257 Å². The standard InChI is InChI=1S/C28H27Cl3F3N3O4S/c1-17(2)35-27(39)18(3)36(15-21-23(29)10-7-11-24(21)30)26(38)16-37(42(40,41)20-8-5-4-6-9-20)19-12-13-25(31)22(14-19)28(32,33)34/h4-14,17-18H,15-16H2,1-3H3,(H,35,39)/t18-/m1/s1. The third-order valence-corrected chi connectivity index (χ3v) is 8.97. The Bertz CT molecular complexity index is 1530. The van der Waals surface area contributed by atoms with Crippen LogP contribution in [0.25, 0.3) is 0 Å². The highest BCUT2D eigenvalue weighted by atomic mass is 35.5. The number of sulfonamides is 1. The van der Waals surface area contributed by atoms with Crippen LogP contribution in [0.4, 0.5) is 18.9 Å². The molecular formula is C28H27Cl3F3N3O4S. The highest BCUT2D eigenvalue weighted by Gasteiger charge is 2.37. The van der Waals surface area contributed by atoms with Gasteiger partial charge in [-0.3, -0.25) is 13.9 Å². The van der Waals surface area contributed by atoms with Crippen LogP contribution in [-0.4, -0.2) is 43.8 Å². The summed E-state index contributed by atoms with van der Waals surface area (Å²) in [6.45, 7) is 3.61. The molecular weight excluding hydrogens is 638 g/mol.